The van der Waals surface area contributed by atoms with Gasteiger partial charge >= 0.3 is 0 Å². The quantitative estimate of drug-likeness (QED) is 0.702. The molecule has 0 fully saturated rings. The largest absolute Gasteiger partial charge is 0.394 e. The van der Waals surface area contributed by atoms with Crippen LogP contribution in [0.1, 0.15) is 26.3 Å². The monoisotopic (exact) mass is 287 g/mol. The van der Waals surface area contributed by atoms with E-state index >= 15 is 0 Å². The molecule has 0 aliphatic rings. The molecule has 19 heavy (non-hydrogen) atoms. The van der Waals surface area contributed by atoms with Crippen molar-refractivity contribution in [3.8, 4) is 0 Å². The van der Waals surface area contributed by atoms with Gasteiger partial charge in [0, 0.05) is 28.3 Å². The molecule has 3 nitrogen and oxygen atoms in total. The molecular weight excluding hydrogens is 265 g/mol. The summed E-state index contributed by atoms with van der Waals surface area (Å²) in [5, 5.41) is 21.4. The third-order valence-corrected chi connectivity index (χ3v) is 3.76. The van der Waals surface area contributed by atoms with Gasteiger partial charge in [-0.2, -0.15) is 0 Å². The minimum Gasteiger partial charge on any atom is -0.394 e. The highest BCUT2D eigenvalue weighted by Crippen LogP contribution is 2.26. The van der Waals surface area contributed by atoms with Gasteiger partial charge in [0.15, 0.2) is 0 Å². The van der Waals surface area contributed by atoms with E-state index in [2.05, 4.69) is 5.32 Å². The zero-order valence-corrected chi connectivity index (χ0v) is 12.4. The fraction of sp³-hybridized carbons (Fsp3) is 0.571. The van der Waals surface area contributed by atoms with Gasteiger partial charge < -0.3 is 15.5 Å². The van der Waals surface area contributed by atoms with Crippen molar-refractivity contribution in [1.82, 2.24) is 5.32 Å². The van der Waals surface area contributed by atoms with Crippen LogP contribution in [-0.4, -0.2) is 34.2 Å². The molecule has 108 valence electrons. The Balaban J connectivity index is 2.77. The first-order chi connectivity index (χ1) is 8.83. The van der Waals surface area contributed by atoms with E-state index in [0.29, 0.717) is 17.9 Å². The Labute approximate surface area is 118 Å². The van der Waals surface area contributed by atoms with Gasteiger partial charge in [0.1, 0.15) is 5.82 Å². The molecule has 0 saturated carbocycles. The molecule has 1 rings (SSSR count). The summed E-state index contributed by atoms with van der Waals surface area (Å²) in [4.78, 5) is 0.796. The first-order valence-electron chi connectivity index (χ1n) is 6.27. The lowest BCUT2D eigenvalue weighted by Gasteiger charge is -2.22. The summed E-state index contributed by atoms with van der Waals surface area (Å²) < 4.78 is 13.9. The second kappa shape index (κ2) is 7.24. The number of hydrogen-bond acceptors (Lipinski definition) is 4. The maximum Gasteiger partial charge on any atom is 0.128 e. The molecule has 0 aromatic heterocycles. The minimum atomic E-state index is -0.781. The van der Waals surface area contributed by atoms with E-state index in [9.17, 15) is 9.50 Å². The molecule has 0 saturated heterocycles. The molecule has 0 radical (unpaired) electrons. The second-order valence-electron chi connectivity index (χ2n) is 5.47. The Morgan fingerprint density at radius 3 is 2.63 bits per heavy atom. The molecule has 0 spiro atoms. The van der Waals surface area contributed by atoms with Crippen LogP contribution in [0.4, 0.5) is 4.39 Å². The van der Waals surface area contributed by atoms with Crippen LogP contribution in [0.5, 0.6) is 0 Å². The average Bonchev–Trinajstić information content (AvgIpc) is 2.33. The zero-order chi connectivity index (χ0) is 14.5. The van der Waals surface area contributed by atoms with E-state index in [1.54, 1.807) is 6.07 Å². The van der Waals surface area contributed by atoms with E-state index < -0.39 is 6.10 Å². The summed E-state index contributed by atoms with van der Waals surface area (Å²) in [5.41, 5.74) is 0.516. The number of hydrogen-bond donors (Lipinski definition) is 3. The van der Waals surface area contributed by atoms with Crippen molar-refractivity contribution in [3.63, 3.8) is 0 Å². The van der Waals surface area contributed by atoms with Crippen LogP contribution in [0.3, 0.4) is 0 Å². The maximum atomic E-state index is 13.9. The Morgan fingerprint density at radius 1 is 1.37 bits per heavy atom. The highest BCUT2D eigenvalue weighted by Gasteiger charge is 2.14. The van der Waals surface area contributed by atoms with Crippen molar-refractivity contribution in [1.29, 1.82) is 0 Å². The second-order valence-corrected chi connectivity index (χ2v) is 6.53. The fourth-order valence-electron chi connectivity index (χ4n) is 1.44. The molecule has 0 bridgehead atoms. The van der Waals surface area contributed by atoms with Gasteiger partial charge in [0.25, 0.3) is 0 Å². The first-order valence-corrected chi connectivity index (χ1v) is 7.26. The number of halogens is 1. The summed E-state index contributed by atoms with van der Waals surface area (Å²) in [6, 6.07) is 4.92. The molecule has 5 heteroatoms. The molecule has 3 N–H and O–H groups in total. The van der Waals surface area contributed by atoms with Crippen molar-refractivity contribution in [2.45, 2.75) is 43.9 Å². The summed E-state index contributed by atoms with van der Waals surface area (Å²) >= 11 is 1.35. The Kier molecular flexibility index (Phi) is 6.26. The normalized spacial score (nSPS) is 13.6. The molecule has 1 atom stereocenters. The van der Waals surface area contributed by atoms with Crippen LogP contribution in [0.15, 0.2) is 23.1 Å². The van der Waals surface area contributed by atoms with E-state index in [1.165, 1.54) is 17.8 Å². The summed E-state index contributed by atoms with van der Waals surface area (Å²) in [7, 11) is 0. The summed E-state index contributed by atoms with van der Waals surface area (Å²) in [6.45, 7) is 6.23. The molecule has 0 heterocycles. The van der Waals surface area contributed by atoms with Gasteiger partial charge in [0.05, 0.1) is 12.7 Å². The third kappa shape index (κ3) is 5.91. The summed E-state index contributed by atoms with van der Waals surface area (Å²) in [6.07, 6.45) is -0.781. The predicted molar refractivity (Wildman–Crippen MR) is 76.8 cm³/mol. The molecule has 1 aromatic rings. The minimum absolute atomic E-state index is 0.0885. The summed E-state index contributed by atoms with van der Waals surface area (Å²) in [5.74, 6) is 0.0999. The van der Waals surface area contributed by atoms with Crippen molar-refractivity contribution in [3.05, 3.63) is 29.6 Å². The lowest BCUT2D eigenvalue weighted by atomic mass is 10.1. The van der Waals surface area contributed by atoms with Crippen molar-refractivity contribution in [2.75, 3.05) is 12.4 Å². The van der Waals surface area contributed by atoms with Gasteiger partial charge in [-0.05, 0) is 32.9 Å². The van der Waals surface area contributed by atoms with Gasteiger partial charge in [-0.1, -0.05) is 6.07 Å². The Morgan fingerprint density at radius 2 is 2.05 bits per heavy atom. The van der Waals surface area contributed by atoms with Crippen LogP contribution in [0.25, 0.3) is 0 Å². The third-order valence-electron chi connectivity index (χ3n) is 2.51. The SMILES string of the molecule is CC(C)(C)NCc1c(F)cccc1SCC(O)CO. The average molecular weight is 287 g/mol. The zero-order valence-electron chi connectivity index (χ0n) is 11.6. The number of benzene rings is 1. The van der Waals surface area contributed by atoms with Crippen molar-refractivity contribution in [2.24, 2.45) is 0 Å². The highest BCUT2D eigenvalue weighted by molar-refractivity contribution is 7.99. The number of aliphatic hydroxyl groups excluding tert-OH is 2. The predicted octanol–water partition coefficient (Wildman–Crippen LogP) is 2.16. The molecule has 1 unspecified atom stereocenters. The van der Waals surface area contributed by atoms with Gasteiger partial charge in [-0.3, -0.25) is 0 Å². The van der Waals surface area contributed by atoms with Crippen molar-refractivity contribution >= 4 is 11.8 Å². The Bertz CT molecular complexity index is 407. The van der Waals surface area contributed by atoms with Gasteiger partial charge in [-0.15, -0.1) is 11.8 Å². The van der Waals surface area contributed by atoms with Crippen LogP contribution < -0.4 is 5.32 Å². The highest BCUT2D eigenvalue weighted by atomic mass is 32.2. The first kappa shape index (κ1) is 16.4. The Hall–Kier alpha value is -0.620. The van der Waals surface area contributed by atoms with Crippen LogP contribution in [-0.2, 0) is 6.54 Å². The van der Waals surface area contributed by atoms with E-state index in [1.807, 2.05) is 26.8 Å². The smallest absolute Gasteiger partial charge is 0.128 e. The standard InChI is InChI=1S/C14H22FNO2S/c1-14(2,3)16-7-11-12(15)5-4-6-13(11)19-9-10(18)8-17/h4-6,10,16-18H,7-9H2,1-3H3. The van der Waals surface area contributed by atoms with Crippen LogP contribution >= 0.6 is 11.8 Å². The van der Waals surface area contributed by atoms with E-state index in [4.69, 9.17) is 5.11 Å². The lowest BCUT2D eigenvalue weighted by Crippen LogP contribution is -2.35. The maximum absolute atomic E-state index is 13.9. The topological polar surface area (TPSA) is 52.5 Å². The van der Waals surface area contributed by atoms with E-state index in [-0.39, 0.29) is 18.0 Å². The molecule has 0 amide bonds. The molecule has 0 aliphatic heterocycles. The number of rotatable bonds is 6. The van der Waals surface area contributed by atoms with Crippen molar-refractivity contribution < 1.29 is 14.6 Å². The van der Waals surface area contributed by atoms with Gasteiger partial charge in [0.2, 0.25) is 0 Å². The molecule has 1 aromatic carbocycles. The number of thioether (sulfide) groups is 1. The van der Waals surface area contributed by atoms with Crippen LogP contribution in [0, 0.1) is 5.82 Å². The van der Waals surface area contributed by atoms with E-state index in [0.717, 1.165) is 4.90 Å². The van der Waals surface area contributed by atoms with Crippen LogP contribution in [0.2, 0.25) is 0 Å². The number of nitrogens with one attached hydrogen (secondary N) is 1. The van der Waals surface area contributed by atoms with Gasteiger partial charge in [-0.25, -0.2) is 4.39 Å². The number of aliphatic hydroxyl groups is 2. The molecular formula is C14H22FNO2S. The lowest BCUT2D eigenvalue weighted by molar-refractivity contribution is 0.113. The fourth-order valence-corrected chi connectivity index (χ4v) is 2.43. The molecule has 0 aliphatic carbocycles.